The van der Waals surface area contributed by atoms with Gasteiger partial charge in [0.05, 0.1) is 29.8 Å². The summed E-state index contributed by atoms with van der Waals surface area (Å²) < 4.78 is 7.58. The van der Waals surface area contributed by atoms with Gasteiger partial charge in [-0.3, -0.25) is 9.69 Å². The van der Waals surface area contributed by atoms with E-state index in [1.165, 1.54) is 0 Å². The van der Waals surface area contributed by atoms with Crippen molar-refractivity contribution in [2.75, 3.05) is 19.6 Å². The molecule has 0 radical (unpaired) electrons. The monoisotopic (exact) mass is 380 g/mol. The number of aromatic nitrogens is 2. The Morgan fingerprint density at radius 2 is 2.18 bits per heavy atom. The van der Waals surface area contributed by atoms with E-state index in [2.05, 4.69) is 27.9 Å². The molecule has 3 aromatic rings. The van der Waals surface area contributed by atoms with E-state index in [9.17, 15) is 4.79 Å². The van der Waals surface area contributed by atoms with Crippen LogP contribution in [0.2, 0.25) is 0 Å². The number of benzene rings is 1. The summed E-state index contributed by atoms with van der Waals surface area (Å²) in [6.07, 6.45) is 5.48. The summed E-state index contributed by atoms with van der Waals surface area (Å²) in [7, 11) is 2.05. The highest BCUT2D eigenvalue weighted by Gasteiger charge is 2.25. The summed E-state index contributed by atoms with van der Waals surface area (Å²) in [6, 6.07) is 12.1. The van der Waals surface area contributed by atoms with Crippen molar-refractivity contribution in [1.29, 1.82) is 0 Å². The summed E-state index contributed by atoms with van der Waals surface area (Å²) >= 11 is 0. The minimum absolute atomic E-state index is 0.0689. The maximum absolute atomic E-state index is 12.6. The topological polar surface area (TPSA) is 63.3 Å². The maximum atomic E-state index is 12.6. The predicted octanol–water partition coefficient (Wildman–Crippen LogP) is 3.13. The standard InChI is InChI=1S/C22H28N4O2/c1-25-20-10-3-2-9-19(20)24-21(25)11-4-12-23-22(27)17-7-5-13-26(15-17)16-18-8-6-14-28-18/h2-3,6,8-10,14,17H,4-5,7,11-13,15-16H2,1H3,(H,23,27)/t17-/m0/s1. The molecule has 1 amide bonds. The molecule has 1 fully saturated rings. The molecule has 148 valence electrons. The number of likely N-dealkylation sites (tertiary alicyclic amines) is 1. The summed E-state index contributed by atoms with van der Waals surface area (Å²) in [6.45, 7) is 3.30. The van der Waals surface area contributed by atoms with Crippen LogP contribution in [0, 0.1) is 5.92 Å². The number of carbonyl (C=O) groups is 1. The SMILES string of the molecule is Cn1c(CCCNC(=O)[C@H]2CCCN(Cc3ccco3)C2)nc2ccccc21. The van der Waals surface area contributed by atoms with Crippen LogP contribution in [0.1, 0.15) is 30.8 Å². The van der Waals surface area contributed by atoms with Crippen molar-refractivity contribution in [1.82, 2.24) is 19.8 Å². The first kappa shape index (κ1) is 18.7. The van der Waals surface area contributed by atoms with Gasteiger partial charge in [-0.1, -0.05) is 12.1 Å². The zero-order chi connectivity index (χ0) is 19.3. The summed E-state index contributed by atoms with van der Waals surface area (Å²) in [5.41, 5.74) is 2.18. The third-order valence-electron chi connectivity index (χ3n) is 5.59. The number of hydrogen-bond donors (Lipinski definition) is 1. The zero-order valence-corrected chi connectivity index (χ0v) is 16.4. The van der Waals surface area contributed by atoms with Crippen molar-refractivity contribution < 1.29 is 9.21 Å². The molecule has 0 saturated carbocycles. The number of rotatable bonds is 7. The van der Waals surface area contributed by atoms with Gasteiger partial charge in [0.25, 0.3) is 0 Å². The van der Waals surface area contributed by atoms with Gasteiger partial charge in [-0.05, 0) is 50.1 Å². The summed E-state index contributed by atoms with van der Waals surface area (Å²) in [5.74, 6) is 2.27. The van der Waals surface area contributed by atoms with Crippen LogP contribution < -0.4 is 5.32 Å². The first-order valence-corrected chi connectivity index (χ1v) is 10.1. The van der Waals surface area contributed by atoms with E-state index in [0.717, 1.165) is 67.9 Å². The zero-order valence-electron chi connectivity index (χ0n) is 16.4. The Labute approximate surface area is 165 Å². The number of amides is 1. The Kier molecular flexibility index (Phi) is 5.76. The number of nitrogens with one attached hydrogen (secondary N) is 1. The van der Waals surface area contributed by atoms with Crippen LogP contribution in [0.25, 0.3) is 11.0 Å². The molecule has 1 atom stereocenters. The Morgan fingerprint density at radius 1 is 1.29 bits per heavy atom. The van der Waals surface area contributed by atoms with E-state index < -0.39 is 0 Å². The fourth-order valence-corrected chi connectivity index (χ4v) is 4.06. The third kappa shape index (κ3) is 4.28. The molecule has 6 heteroatoms. The highest BCUT2D eigenvalue weighted by Crippen LogP contribution is 2.19. The number of fused-ring (bicyclic) bond motifs is 1. The van der Waals surface area contributed by atoms with Crippen LogP contribution in [-0.4, -0.2) is 40.0 Å². The molecule has 1 saturated heterocycles. The van der Waals surface area contributed by atoms with E-state index >= 15 is 0 Å². The predicted molar refractivity (Wildman–Crippen MR) is 109 cm³/mol. The lowest BCUT2D eigenvalue weighted by molar-refractivity contribution is -0.126. The molecule has 1 aliphatic heterocycles. The molecule has 0 aliphatic carbocycles. The minimum atomic E-state index is 0.0689. The first-order valence-electron chi connectivity index (χ1n) is 10.1. The van der Waals surface area contributed by atoms with Crippen molar-refractivity contribution in [3.8, 4) is 0 Å². The highest BCUT2D eigenvalue weighted by atomic mass is 16.3. The minimum Gasteiger partial charge on any atom is -0.468 e. The molecule has 3 heterocycles. The fourth-order valence-electron chi connectivity index (χ4n) is 4.06. The molecule has 0 bridgehead atoms. The summed E-state index contributed by atoms with van der Waals surface area (Å²) in [4.78, 5) is 19.6. The van der Waals surface area contributed by atoms with E-state index in [-0.39, 0.29) is 11.8 Å². The number of furan rings is 1. The van der Waals surface area contributed by atoms with Crippen LogP contribution in [0.3, 0.4) is 0 Å². The number of aryl methyl sites for hydroxylation is 2. The van der Waals surface area contributed by atoms with E-state index in [1.54, 1.807) is 6.26 Å². The lowest BCUT2D eigenvalue weighted by Gasteiger charge is -2.31. The Balaban J connectivity index is 1.23. The highest BCUT2D eigenvalue weighted by molar-refractivity contribution is 5.79. The van der Waals surface area contributed by atoms with Crippen LogP contribution in [0.15, 0.2) is 47.1 Å². The molecule has 1 aromatic carbocycles. The molecule has 0 unspecified atom stereocenters. The van der Waals surface area contributed by atoms with Crippen LogP contribution in [-0.2, 0) is 24.8 Å². The van der Waals surface area contributed by atoms with Crippen molar-refractivity contribution in [3.05, 3.63) is 54.2 Å². The molecule has 1 aliphatic rings. The van der Waals surface area contributed by atoms with E-state index in [0.29, 0.717) is 6.54 Å². The van der Waals surface area contributed by atoms with Gasteiger partial charge in [0.2, 0.25) is 5.91 Å². The smallest absolute Gasteiger partial charge is 0.224 e. The third-order valence-corrected chi connectivity index (χ3v) is 5.59. The number of carbonyl (C=O) groups excluding carboxylic acids is 1. The van der Waals surface area contributed by atoms with Crippen LogP contribution >= 0.6 is 0 Å². The number of para-hydroxylation sites is 2. The lowest BCUT2D eigenvalue weighted by Crippen LogP contribution is -2.42. The number of hydrogen-bond acceptors (Lipinski definition) is 4. The summed E-state index contributed by atoms with van der Waals surface area (Å²) in [5, 5.41) is 3.13. The maximum Gasteiger partial charge on any atom is 0.224 e. The van der Waals surface area contributed by atoms with Gasteiger partial charge >= 0.3 is 0 Å². The molecule has 1 N–H and O–H groups in total. The van der Waals surface area contributed by atoms with Gasteiger partial charge in [-0.15, -0.1) is 0 Å². The molecule has 0 spiro atoms. The Bertz CT molecular complexity index is 916. The van der Waals surface area contributed by atoms with Gasteiger partial charge in [0.1, 0.15) is 11.6 Å². The Morgan fingerprint density at radius 3 is 3.00 bits per heavy atom. The van der Waals surface area contributed by atoms with E-state index in [1.807, 2.05) is 30.3 Å². The van der Waals surface area contributed by atoms with Crippen LogP contribution in [0.4, 0.5) is 0 Å². The number of imidazole rings is 1. The quantitative estimate of drug-likeness (QED) is 0.640. The normalized spacial score (nSPS) is 17.8. The second-order valence-electron chi connectivity index (χ2n) is 7.62. The Hall–Kier alpha value is -2.60. The first-order chi connectivity index (χ1) is 13.7. The van der Waals surface area contributed by atoms with Crippen molar-refractivity contribution in [3.63, 3.8) is 0 Å². The fraction of sp³-hybridized carbons (Fsp3) is 0.455. The van der Waals surface area contributed by atoms with Gasteiger partial charge < -0.3 is 14.3 Å². The van der Waals surface area contributed by atoms with Crippen molar-refractivity contribution >= 4 is 16.9 Å². The average molecular weight is 380 g/mol. The van der Waals surface area contributed by atoms with Crippen molar-refractivity contribution in [2.24, 2.45) is 13.0 Å². The van der Waals surface area contributed by atoms with Crippen molar-refractivity contribution in [2.45, 2.75) is 32.2 Å². The van der Waals surface area contributed by atoms with Gasteiger partial charge in [0.15, 0.2) is 0 Å². The molecular formula is C22H28N4O2. The lowest BCUT2D eigenvalue weighted by atomic mass is 9.97. The van der Waals surface area contributed by atoms with Gasteiger partial charge in [-0.25, -0.2) is 4.98 Å². The second kappa shape index (κ2) is 8.61. The number of piperidine rings is 1. The average Bonchev–Trinajstić information content (AvgIpc) is 3.34. The van der Waals surface area contributed by atoms with E-state index in [4.69, 9.17) is 9.40 Å². The number of nitrogens with zero attached hydrogens (tertiary/aromatic N) is 3. The second-order valence-corrected chi connectivity index (χ2v) is 7.62. The molecule has 6 nitrogen and oxygen atoms in total. The van der Waals surface area contributed by atoms with Gasteiger partial charge in [0, 0.05) is 26.6 Å². The van der Waals surface area contributed by atoms with Gasteiger partial charge in [-0.2, -0.15) is 0 Å². The molecular weight excluding hydrogens is 352 g/mol. The molecule has 28 heavy (non-hydrogen) atoms. The van der Waals surface area contributed by atoms with Crippen LogP contribution in [0.5, 0.6) is 0 Å². The molecule has 4 rings (SSSR count). The largest absolute Gasteiger partial charge is 0.468 e. The molecule has 2 aromatic heterocycles.